The highest BCUT2D eigenvalue weighted by Gasteiger charge is 2.12. The van der Waals surface area contributed by atoms with Crippen molar-refractivity contribution in [2.24, 2.45) is 0 Å². The van der Waals surface area contributed by atoms with Gasteiger partial charge in [0.15, 0.2) is 0 Å². The molecule has 1 aromatic heterocycles. The number of amides is 3. The average molecular weight is 380 g/mol. The molecule has 0 saturated heterocycles. The molecule has 2 rings (SSSR count). The van der Waals surface area contributed by atoms with E-state index in [4.69, 9.17) is 11.6 Å². The van der Waals surface area contributed by atoms with Crippen molar-refractivity contribution in [3.8, 4) is 0 Å². The van der Waals surface area contributed by atoms with Gasteiger partial charge in [0.05, 0.1) is 24.0 Å². The van der Waals surface area contributed by atoms with Crippen LogP contribution < -0.4 is 16.0 Å². The Balaban J connectivity index is 1.70. The van der Waals surface area contributed by atoms with Gasteiger partial charge < -0.3 is 16.0 Å². The monoisotopic (exact) mass is 379 g/mol. The lowest BCUT2D eigenvalue weighted by atomic mass is 10.1. The fourth-order valence-corrected chi connectivity index (χ4v) is 2.89. The minimum atomic E-state index is -0.435. The van der Waals surface area contributed by atoms with Crippen molar-refractivity contribution >= 4 is 40.7 Å². The van der Waals surface area contributed by atoms with Crippen LogP contribution in [0, 0.1) is 0 Å². The number of hydrogen-bond donors (Lipinski definition) is 3. The Bertz CT molecular complexity index is 749. The van der Waals surface area contributed by atoms with E-state index in [2.05, 4.69) is 16.0 Å². The fraction of sp³-hybridized carbons (Fsp3) is 0.235. The van der Waals surface area contributed by atoms with Crippen LogP contribution in [0.1, 0.15) is 28.2 Å². The maximum atomic E-state index is 11.9. The molecule has 0 saturated carbocycles. The van der Waals surface area contributed by atoms with Gasteiger partial charge in [0.25, 0.3) is 5.91 Å². The molecule has 0 spiro atoms. The van der Waals surface area contributed by atoms with Crippen molar-refractivity contribution in [3.05, 3.63) is 57.2 Å². The van der Waals surface area contributed by atoms with Crippen molar-refractivity contribution < 1.29 is 14.4 Å². The first kappa shape index (κ1) is 19.0. The third-order valence-electron chi connectivity index (χ3n) is 3.33. The van der Waals surface area contributed by atoms with Crippen LogP contribution in [-0.2, 0) is 9.59 Å². The van der Waals surface area contributed by atoms with Crippen molar-refractivity contribution in [2.45, 2.75) is 13.0 Å². The molecule has 3 amide bonds. The van der Waals surface area contributed by atoms with Crippen molar-refractivity contribution in [2.75, 3.05) is 13.1 Å². The molecule has 0 unspecified atom stereocenters. The Labute approximate surface area is 154 Å². The molecule has 1 aromatic carbocycles. The van der Waals surface area contributed by atoms with Crippen molar-refractivity contribution in [1.82, 2.24) is 16.0 Å². The molecule has 1 atom stereocenters. The standard InChI is InChI=1S/C17H18ClN3O3S/c1-11(12-4-2-5-13(18)8-12)21-16(23)10-19-15(22)9-20-17(24)14-6-3-7-25-14/h2-8,11H,9-10H2,1H3,(H,19,22)(H,20,24)(H,21,23)/t11-/m1/s1. The van der Waals surface area contributed by atoms with Crippen LogP contribution in [0.5, 0.6) is 0 Å². The van der Waals surface area contributed by atoms with Crippen LogP contribution in [0.3, 0.4) is 0 Å². The smallest absolute Gasteiger partial charge is 0.261 e. The molecule has 0 radical (unpaired) electrons. The van der Waals surface area contributed by atoms with Gasteiger partial charge in [-0.25, -0.2) is 0 Å². The zero-order valence-electron chi connectivity index (χ0n) is 13.5. The third-order valence-corrected chi connectivity index (χ3v) is 4.43. The summed E-state index contributed by atoms with van der Waals surface area (Å²) in [5.41, 5.74) is 0.871. The number of carbonyl (C=O) groups excluding carboxylic acids is 3. The molecule has 8 heteroatoms. The van der Waals surface area contributed by atoms with Crippen LogP contribution >= 0.6 is 22.9 Å². The maximum Gasteiger partial charge on any atom is 0.261 e. The zero-order valence-corrected chi connectivity index (χ0v) is 15.1. The van der Waals surface area contributed by atoms with E-state index in [-0.39, 0.29) is 30.9 Å². The molecule has 132 valence electrons. The normalized spacial score (nSPS) is 11.4. The van der Waals surface area contributed by atoms with Gasteiger partial charge in [0, 0.05) is 5.02 Å². The van der Waals surface area contributed by atoms with E-state index in [1.807, 2.05) is 13.0 Å². The van der Waals surface area contributed by atoms with E-state index in [0.717, 1.165) is 5.56 Å². The van der Waals surface area contributed by atoms with Gasteiger partial charge in [-0.05, 0) is 36.1 Å². The molecule has 6 nitrogen and oxygen atoms in total. The van der Waals surface area contributed by atoms with E-state index in [1.165, 1.54) is 11.3 Å². The molecule has 3 N–H and O–H groups in total. The molecular formula is C17H18ClN3O3S. The molecule has 0 fully saturated rings. The van der Waals surface area contributed by atoms with E-state index in [9.17, 15) is 14.4 Å². The summed E-state index contributed by atoms with van der Waals surface area (Å²) in [6.45, 7) is 1.47. The largest absolute Gasteiger partial charge is 0.348 e. The Morgan fingerprint density at radius 2 is 1.84 bits per heavy atom. The number of hydrogen-bond acceptors (Lipinski definition) is 4. The minimum Gasteiger partial charge on any atom is -0.348 e. The second-order valence-electron chi connectivity index (χ2n) is 5.28. The number of carbonyl (C=O) groups is 3. The van der Waals surface area contributed by atoms with Crippen molar-refractivity contribution in [3.63, 3.8) is 0 Å². The van der Waals surface area contributed by atoms with E-state index in [0.29, 0.717) is 9.90 Å². The first-order valence-corrected chi connectivity index (χ1v) is 8.84. The predicted molar refractivity (Wildman–Crippen MR) is 97.7 cm³/mol. The van der Waals surface area contributed by atoms with E-state index in [1.54, 1.807) is 35.7 Å². The van der Waals surface area contributed by atoms with Gasteiger partial charge in [0.1, 0.15) is 0 Å². The molecule has 1 heterocycles. The number of nitrogens with one attached hydrogen (secondary N) is 3. The molecule has 0 bridgehead atoms. The summed E-state index contributed by atoms with van der Waals surface area (Å²) in [6, 6.07) is 10.4. The van der Waals surface area contributed by atoms with Crippen LogP contribution in [-0.4, -0.2) is 30.8 Å². The lowest BCUT2D eigenvalue weighted by Crippen LogP contribution is -2.42. The van der Waals surface area contributed by atoms with Gasteiger partial charge in [-0.1, -0.05) is 29.8 Å². The summed E-state index contributed by atoms with van der Waals surface area (Å²) >= 11 is 7.21. The molecule has 0 aliphatic carbocycles. The van der Waals surface area contributed by atoms with Crippen LogP contribution in [0.2, 0.25) is 5.02 Å². The second kappa shape index (κ2) is 9.19. The lowest BCUT2D eigenvalue weighted by Gasteiger charge is -2.15. The summed E-state index contributed by atoms with van der Waals surface area (Å²) in [5, 5.41) is 10.1. The second-order valence-corrected chi connectivity index (χ2v) is 6.67. The van der Waals surface area contributed by atoms with Gasteiger partial charge in [-0.2, -0.15) is 0 Å². The first-order valence-electron chi connectivity index (χ1n) is 7.59. The first-order chi connectivity index (χ1) is 12.0. The SMILES string of the molecule is C[C@@H](NC(=O)CNC(=O)CNC(=O)c1cccs1)c1cccc(Cl)c1. The van der Waals surface area contributed by atoms with Gasteiger partial charge in [-0.3, -0.25) is 14.4 Å². The van der Waals surface area contributed by atoms with E-state index >= 15 is 0 Å². The number of halogens is 1. The molecular weight excluding hydrogens is 362 g/mol. The topological polar surface area (TPSA) is 87.3 Å². The summed E-state index contributed by atoms with van der Waals surface area (Å²) in [4.78, 5) is 35.8. The van der Waals surface area contributed by atoms with Gasteiger partial charge >= 0.3 is 0 Å². The highest BCUT2D eigenvalue weighted by Crippen LogP contribution is 2.17. The van der Waals surface area contributed by atoms with Crippen LogP contribution in [0.25, 0.3) is 0 Å². The van der Waals surface area contributed by atoms with Crippen LogP contribution in [0.15, 0.2) is 41.8 Å². The lowest BCUT2D eigenvalue weighted by molar-refractivity contribution is -0.125. The van der Waals surface area contributed by atoms with Gasteiger partial charge in [0.2, 0.25) is 11.8 Å². The molecule has 0 aliphatic rings. The fourth-order valence-electron chi connectivity index (χ4n) is 2.05. The molecule has 2 aromatic rings. The Morgan fingerprint density at radius 3 is 2.52 bits per heavy atom. The highest BCUT2D eigenvalue weighted by atomic mass is 35.5. The quantitative estimate of drug-likeness (QED) is 0.688. The summed E-state index contributed by atoms with van der Waals surface area (Å²) in [7, 11) is 0. The zero-order chi connectivity index (χ0) is 18.2. The number of rotatable bonds is 7. The Morgan fingerprint density at radius 1 is 1.08 bits per heavy atom. The summed E-state index contributed by atoms with van der Waals surface area (Å²) in [6.07, 6.45) is 0. The Hall–Kier alpha value is -2.38. The maximum absolute atomic E-state index is 11.9. The molecule has 25 heavy (non-hydrogen) atoms. The summed E-state index contributed by atoms with van der Waals surface area (Å²) in [5.74, 6) is -1.08. The highest BCUT2D eigenvalue weighted by molar-refractivity contribution is 7.12. The Kier molecular flexibility index (Phi) is 6.97. The average Bonchev–Trinajstić information content (AvgIpc) is 3.12. The minimum absolute atomic E-state index is 0.168. The summed E-state index contributed by atoms with van der Waals surface area (Å²) < 4.78 is 0. The molecule has 0 aliphatic heterocycles. The van der Waals surface area contributed by atoms with Crippen LogP contribution in [0.4, 0.5) is 0 Å². The number of thiophene rings is 1. The van der Waals surface area contributed by atoms with E-state index < -0.39 is 5.91 Å². The van der Waals surface area contributed by atoms with Crippen molar-refractivity contribution in [1.29, 1.82) is 0 Å². The number of benzene rings is 1. The van der Waals surface area contributed by atoms with Gasteiger partial charge in [-0.15, -0.1) is 11.3 Å². The third kappa shape index (κ3) is 6.21. The predicted octanol–water partition coefficient (Wildman–Crippen LogP) is 2.12.